The minimum Gasteiger partial charge on any atom is -0.493 e. The van der Waals surface area contributed by atoms with E-state index in [0.717, 1.165) is 10.2 Å². The number of rotatable bonds is 9. The minimum absolute atomic E-state index is 0.182. The molecule has 1 heterocycles. The predicted molar refractivity (Wildman–Crippen MR) is 128 cm³/mol. The molecule has 0 bridgehead atoms. The number of nitrogens with zero attached hydrogens (tertiary/aromatic N) is 2. The third kappa shape index (κ3) is 5.29. The molecule has 33 heavy (non-hydrogen) atoms. The molecule has 0 atom stereocenters. The van der Waals surface area contributed by atoms with Crippen LogP contribution in [0.5, 0.6) is 11.5 Å². The summed E-state index contributed by atoms with van der Waals surface area (Å²) in [7, 11) is -0.274. The molecule has 0 fully saturated rings. The van der Waals surface area contributed by atoms with Gasteiger partial charge in [-0.3, -0.25) is 4.79 Å². The molecule has 0 aliphatic carbocycles. The summed E-state index contributed by atoms with van der Waals surface area (Å²) in [6.45, 7) is 6.70. The number of carbonyl (C=O) groups excluding carboxylic acids is 1. The van der Waals surface area contributed by atoms with Crippen LogP contribution < -0.4 is 14.3 Å². The molecule has 3 rings (SSSR count). The van der Waals surface area contributed by atoms with Crippen LogP contribution in [0.3, 0.4) is 0 Å². The highest BCUT2D eigenvalue weighted by Gasteiger charge is 2.19. The fraction of sp³-hybridized carbons (Fsp3) is 0.391. The second-order valence-corrected chi connectivity index (χ2v) is 11.0. The van der Waals surface area contributed by atoms with E-state index in [1.807, 2.05) is 23.6 Å². The van der Waals surface area contributed by atoms with Gasteiger partial charge in [0.25, 0.3) is 5.91 Å². The maximum atomic E-state index is 12.9. The number of benzene rings is 2. The monoisotopic (exact) mass is 492 g/mol. The van der Waals surface area contributed by atoms with E-state index in [4.69, 9.17) is 14.2 Å². The second kappa shape index (κ2) is 10.5. The molecule has 0 unspecified atom stereocenters. The number of thiazole rings is 1. The standard InChI is InChI=1S/C23H28N2O6S2/c1-6-31-12-11-25-18-13-19(29-4)20(30-5)14-21(18)32-23(25)24-22(26)16-7-9-17(10-8-16)33(27,28)15(2)3/h7-10,13-15H,6,11-12H2,1-5H3. The van der Waals surface area contributed by atoms with E-state index in [-0.39, 0.29) is 4.90 Å². The van der Waals surface area contributed by atoms with E-state index in [2.05, 4.69) is 4.99 Å². The zero-order valence-corrected chi connectivity index (χ0v) is 21.0. The van der Waals surface area contributed by atoms with E-state index >= 15 is 0 Å². The van der Waals surface area contributed by atoms with Crippen molar-refractivity contribution in [2.24, 2.45) is 4.99 Å². The van der Waals surface area contributed by atoms with Gasteiger partial charge in [0.2, 0.25) is 0 Å². The molecule has 1 amide bonds. The summed E-state index contributed by atoms with van der Waals surface area (Å²) in [5, 5.41) is -0.541. The molecule has 0 radical (unpaired) electrons. The molecule has 0 saturated carbocycles. The molecule has 0 N–H and O–H groups in total. The van der Waals surface area contributed by atoms with E-state index in [0.29, 0.717) is 41.6 Å². The van der Waals surface area contributed by atoms with Crippen molar-refractivity contribution in [3.63, 3.8) is 0 Å². The molecule has 3 aromatic rings. The van der Waals surface area contributed by atoms with Gasteiger partial charge in [0, 0.05) is 30.8 Å². The maximum Gasteiger partial charge on any atom is 0.279 e. The highest BCUT2D eigenvalue weighted by molar-refractivity contribution is 7.92. The fourth-order valence-electron chi connectivity index (χ4n) is 3.21. The molecule has 0 aliphatic heterocycles. The molecular formula is C23H28N2O6S2. The minimum atomic E-state index is -3.41. The lowest BCUT2D eigenvalue weighted by molar-refractivity contribution is 0.0996. The third-order valence-electron chi connectivity index (χ3n) is 5.10. The van der Waals surface area contributed by atoms with Crippen LogP contribution in [-0.2, 0) is 21.1 Å². The Morgan fingerprint density at radius 1 is 1.09 bits per heavy atom. The van der Waals surface area contributed by atoms with E-state index in [9.17, 15) is 13.2 Å². The second-order valence-electron chi connectivity index (χ2n) is 7.44. The van der Waals surface area contributed by atoms with Crippen LogP contribution in [0, 0.1) is 0 Å². The fourth-order valence-corrected chi connectivity index (χ4v) is 5.33. The van der Waals surface area contributed by atoms with Gasteiger partial charge in [-0.15, -0.1) is 0 Å². The highest BCUT2D eigenvalue weighted by Crippen LogP contribution is 2.33. The van der Waals surface area contributed by atoms with Gasteiger partial charge in [-0.25, -0.2) is 8.42 Å². The zero-order valence-electron chi connectivity index (χ0n) is 19.3. The van der Waals surface area contributed by atoms with Crippen molar-refractivity contribution in [3.05, 3.63) is 46.8 Å². The van der Waals surface area contributed by atoms with Gasteiger partial charge in [0.1, 0.15) is 0 Å². The van der Waals surface area contributed by atoms with Gasteiger partial charge < -0.3 is 18.8 Å². The van der Waals surface area contributed by atoms with Crippen molar-refractivity contribution >= 4 is 37.3 Å². The van der Waals surface area contributed by atoms with Crippen molar-refractivity contribution < 1.29 is 27.4 Å². The van der Waals surface area contributed by atoms with Crippen LogP contribution in [0.4, 0.5) is 0 Å². The average molecular weight is 493 g/mol. The van der Waals surface area contributed by atoms with Crippen LogP contribution in [0.2, 0.25) is 0 Å². The van der Waals surface area contributed by atoms with Gasteiger partial charge in [-0.2, -0.15) is 4.99 Å². The number of aromatic nitrogens is 1. The maximum absolute atomic E-state index is 12.9. The Bertz CT molecular complexity index is 1310. The quantitative estimate of drug-likeness (QED) is 0.423. The zero-order chi connectivity index (χ0) is 24.2. The Morgan fingerprint density at radius 2 is 1.73 bits per heavy atom. The summed E-state index contributed by atoms with van der Waals surface area (Å²) in [6.07, 6.45) is 0. The largest absolute Gasteiger partial charge is 0.493 e. The average Bonchev–Trinajstić information content (AvgIpc) is 3.13. The van der Waals surface area contributed by atoms with E-state index in [1.165, 1.54) is 35.6 Å². The number of hydrogen-bond donors (Lipinski definition) is 0. The predicted octanol–water partition coefficient (Wildman–Crippen LogP) is 3.68. The summed E-state index contributed by atoms with van der Waals surface area (Å²) in [4.78, 5) is 17.9. The first-order valence-corrected chi connectivity index (χ1v) is 12.8. The summed E-state index contributed by atoms with van der Waals surface area (Å²) < 4.78 is 43.8. The summed E-state index contributed by atoms with van der Waals surface area (Å²) in [6, 6.07) is 9.58. The third-order valence-corrected chi connectivity index (χ3v) is 8.31. The summed E-state index contributed by atoms with van der Waals surface area (Å²) in [5.74, 6) is 0.704. The SMILES string of the molecule is CCOCCn1c(=NC(=O)c2ccc(S(=O)(=O)C(C)C)cc2)sc2cc(OC)c(OC)cc21. The number of carbonyl (C=O) groups is 1. The van der Waals surface area contributed by atoms with Crippen molar-refractivity contribution in [2.45, 2.75) is 37.5 Å². The molecule has 2 aromatic carbocycles. The molecular weight excluding hydrogens is 464 g/mol. The molecule has 178 valence electrons. The number of ether oxygens (including phenoxy) is 3. The highest BCUT2D eigenvalue weighted by atomic mass is 32.2. The van der Waals surface area contributed by atoms with Crippen LogP contribution in [0.15, 0.2) is 46.3 Å². The first-order chi connectivity index (χ1) is 15.7. The topological polar surface area (TPSA) is 96.2 Å². The molecule has 8 nitrogen and oxygen atoms in total. The van der Waals surface area contributed by atoms with Crippen molar-refractivity contribution in [1.29, 1.82) is 0 Å². The van der Waals surface area contributed by atoms with Crippen molar-refractivity contribution in [1.82, 2.24) is 4.57 Å². The lowest BCUT2D eigenvalue weighted by Crippen LogP contribution is -2.20. The van der Waals surface area contributed by atoms with Crippen LogP contribution in [0.25, 0.3) is 10.2 Å². The first kappa shape index (κ1) is 24.9. The van der Waals surface area contributed by atoms with Crippen LogP contribution >= 0.6 is 11.3 Å². The van der Waals surface area contributed by atoms with Gasteiger partial charge in [-0.1, -0.05) is 11.3 Å². The normalized spacial score (nSPS) is 12.5. The number of methoxy groups -OCH3 is 2. The Hall–Kier alpha value is -2.69. The first-order valence-electron chi connectivity index (χ1n) is 10.5. The van der Waals surface area contributed by atoms with E-state index in [1.54, 1.807) is 28.1 Å². The van der Waals surface area contributed by atoms with Gasteiger partial charge in [0.15, 0.2) is 26.1 Å². The van der Waals surface area contributed by atoms with Gasteiger partial charge in [-0.05, 0) is 45.0 Å². The number of sulfone groups is 1. The Morgan fingerprint density at radius 3 is 2.30 bits per heavy atom. The van der Waals surface area contributed by atoms with E-state index < -0.39 is 21.0 Å². The summed E-state index contributed by atoms with van der Waals surface area (Å²) in [5.41, 5.74) is 1.16. The Labute approximate surface area is 197 Å². The van der Waals surface area contributed by atoms with Crippen molar-refractivity contribution in [2.75, 3.05) is 27.4 Å². The van der Waals surface area contributed by atoms with Crippen LogP contribution in [0.1, 0.15) is 31.1 Å². The van der Waals surface area contributed by atoms with Gasteiger partial charge in [0.05, 0.1) is 41.2 Å². The van der Waals surface area contributed by atoms with Gasteiger partial charge >= 0.3 is 0 Å². The smallest absolute Gasteiger partial charge is 0.279 e. The molecule has 0 spiro atoms. The van der Waals surface area contributed by atoms with Crippen molar-refractivity contribution in [3.8, 4) is 11.5 Å². The number of amides is 1. The Kier molecular flexibility index (Phi) is 7.93. The Balaban J connectivity index is 2.06. The van der Waals surface area contributed by atoms with Crippen LogP contribution in [-0.4, -0.2) is 51.6 Å². The molecule has 10 heteroatoms. The molecule has 0 aliphatic rings. The summed E-state index contributed by atoms with van der Waals surface area (Å²) >= 11 is 1.35. The number of fused-ring (bicyclic) bond motifs is 1. The number of hydrogen-bond acceptors (Lipinski definition) is 7. The molecule has 1 aromatic heterocycles. The molecule has 0 saturated heterocycles. The lowest BCUT2D eigenvalue weighted by Gasteiger charge is -2.09. The lowest BCUT2D eigenvalue weighted by atomic mass is 10.2.